The third kappa shape index (κ3) is 9.25. The second-order valence-corrected chi connectivity index (χ2v) is 10.1. The molecule has 5 nitrogen and oxygen atoms in total. The number of nitrogens with zero attached hydrogens (tertiary/aromatic N) is 1. The number of amides is 2. The first-order valence-electron chi connectivity index (χ1n) is 12.9. The molecule has 0 aliphatic heterocycles. The zero-order valence-corrected chi connectivity index (χ0v) is 22.7. The minimum absolute atomic E-state index is 0.0661. The Morgan fingerprint density at radius 1 is 0.946 bits per heavy atom. The molecular weight excluding hydrogens is 484 g/mol. The van der Waals surface area contributed by atoms with E-state index in [2.05, 4.69) is 19.2 Å². The highest BCUT2D eigenvalue weighted by molar-refractivity contribution is 6.30. The molecule has 0 aliphatic carbocycles. The Morgan fingerprint density at radius 2 is 1.62 bits per heavy atom. The molecule has 0 radical (unpaired) electrons. The molecule has 0 fully saturated rings. The normalized spacial score (nSPS) is 11.7. The number of rotatable bonds is 13. The molecule has 0 aromatic heterocycles. The molecule has 196 valence electrons. The van der Waals surface area contributed by atoms with Gasteiger partial charge in [-0.05, 0) is 60.2 Å². The molecule has 1 atom stereocenters. The van der Waals surface area contributed by atoms with Crippen molar-refractivity contribution in [1.82, 2.24) is 10.2 Å². The Labute approximate surface area is 225 Å². The average Bonchev–Trinajstić information content (AvgIpc) is 2.89. The lowest BCUT2D eigenvalue weighted by Crippen LogP contribution is -2.51. The van der Waals surface area contributed by atoms with Crippen molar-refractivity contribution in [2.75, 3.05) is 13.2 Å². The number of carbonyl (C=O) groups excluding carboxylic acids is 2. The molecule has 0 bridgehead atoms. The zero-order chi connectivity index (χ0) is 26.6. The molecule has 0 heterocycles. The van der Waals surface area contributed by atoms with Crippen LogP contribution in [-0.4, -0.2) is 35.9 Å². The third-order valence-electron chi connectivity index (χ3n) is 6.17. The van der Waals surface area contributed by atoms with Gasteiger partial charge in [0.25, 0.3) is 0 Å². The first kappa shape index (κ1) is 28.3. The Kier molecular flexibility index (Phi) is 11.0. The zero-order valence-electron chi connectivity index (χ0n) is 22.0. The van der Waals surface area contributed by atoms with E-state index in [0.29, 0.717) is 49.2 Å². The predicted octanol–water partition coefficient (Wildman–Crippen LogP) is 6.22. The highest BCUT2D eigenvalue weighted by Crippen LogP contribution is 2.19. The van der Waals surface area contributed by atoms with Gasteiger partial charge in [0, 0.05) is 31.0 Å². The fourth-order valence-corrected chi connectivity index (χ4v) is 4.16. The van der Waals surface area contributed by atoms with Crippen LogP contribution < -0.4 is 10.1 Å². The fraction of sp³-hybridized carbons (Fsp3) is 0.355. The van der Waals surface area contributed by atoms with Gasteiger partial charge in [0.15, 0.2) is 0 Å². The standard InChI is InChI=1S/C31H37ClN2O3/c1-23(2)21-33-31(36)29(20-25-11-5-4-6-12-25)34(22-26-13-8-7-10-24(26)3)30(35)14-9-19-37-28-17-15-27(32)16-18-28/h4-8,10-13,15-18,23,29H,9,14,19-22H2,1-3H3,(H,33,36)/t29-/m1/s1. The topological polar surface area (TPSA) is 58.6 Å². The fourth-order valence-electron chi connectivity index (χ4n) is 4.04. The van der Waals surface area contributed by atoms with E-state index in [4.69, 9.17) is 16.3 Å². The van der Waals surface area contributed by atoms with Gasteiger partial charge in [-0.15, -0.1) is 0 Å². The van der Waals surface area contributed by atoms with E-state index in [-0.39, 0.29) is 18.2 Å². The van der Waals surface area contributed by atoms with Gasteiger partial charge in [-0.25, -0.2) is 0 Å². The Balaban J connectivity index is 1.79. The number of benzene rings is 3. The van der Waals surface area contributed by atoms with E-state index in [1.807, 2.05) is 73.7 Å². The van der Waals surface area contributed by atoms with Gasteiger partial charge in [0.2, 0.25) is 11.8 Å². The maximum absolute atomic E-state index is 13.7. The second-order valence-electron chi connectivity index (χ2n) is 9.70. The van der Waals surface area contributed by atoms with Gasteiger partial charge in [-0.3, -0.25) is 9.59 Å². The van der Waals surface area contributed by atoms with Crippen molar-refractivity contribution in [2.45, 2.75) is 52.6 Å². The SMILES string of the molecule is Cc1ccccc1CN(C(=O)CCCOc1ccc(Cl)cc1)[C@H](Cc1ccccc1)C(=O)NCC(C)C. The van der Waals surface area contributed by atoms with Crippen LogP contribution in [-0.2, 0) is 22.6 Å². The molecule has 37 heavy (non-hydrogen) atoms. The minimum atomic E-state index is -0.620. The van der Waals surface area contributed by atoms with Gasteiger partial charge < -0.3 is 15.0 Å². The van der Waals surface area contributed by atoms with Crippen molar-refractivity contribution in [3.8, 4) is 5.75 Å². The molecule has 0 unspecified atom stereocenters. The van der Waals surface area contributed by atoms with E-state index >= 15 is 0 Å². The Bertz CT molecular complexity index is 1130. The van der Waals surface area contributed by atoms with Gasteiger partial charge in [-0.2, -0.15) is 0 Å². The summed E-state index contributed by atoms with van der Waals surface area (Å²) in [5.41, 5.74) is 3.14. The minimum Gasteiger partial charge on any atom is -0.494 e. The van der Waals surface area contributed by atoms with Crippen LogP contribution in [0.1, 0.15) is 43.4 Å². The Hall–Kier alpha value is -3.31. The summed E-state index contributed by atoms with van der Waals surface area (Å²) >= 11 is 5.94. The van der Waals surface area contributed by atoms with Gasteiger partial charge >= 0.3 is 0 Å². The van der Waals surface area contributed by atoms with Crippen molar-refractivity contribution < 1.29 is 14.3 Å². The summed E-state index contributed by atoms with van der Waals surface area (Å²) in [6.45, 7) is 7.48. The highest BCUT2D eigenvalue weighted by atomic mass is 35.5. The molecule has 2 amide bonds. The molecule has 0 aliphatic rings. The molecular formula is C31H37ClN2O3. The average molecular weight is 521 g/mol. The number of nitrogens with one attached hydrogen (secondary N) is 1. The van der Waals surface area contributed by atoms with Crippen molar-refractivity contribution in [2.24, 2.45) is 5.92 Å². The molecule has 3 aromatic carbocycles. The van der Waals surface area contributed by atoms with Crippen LogP contribution in [0.15, 0.2) is 78.9 Å². The number of ether oxygens (including phenoxy) is 1. The van der Waals surface area contributed by atoms with Gasteiger partial charge in [0.05, 0.1) is 6.61 Å². The lowest BCUT2D eigenvalue weighted by molar-refractivity contribution is -0.141. The van der Waals surface area contributed by atoms with Gasteiger partial charge in [0.1, 0.15) is 11.8 Å². The third-order valence-corrected chi connectivity index (χ3v) is 6.43. The van der Waals surface area contributed by atoms with E-state index in [1.54, 1.807) is 17.0 Å². The summed E-state index contributed by atoms with van der Waals surface area (Å²) < 4.78 is 5.79. The maximum Gasteiger partial charge on any atom is 0.243 e. The van der Waals surface area contributed by atoms with Crippen molar-refractivity contribution in [3.05, 3.63) is 101 Å². The number of aryl methyl sites for hydroxylation is 1. The summed E-state index contributed by atoms with van der Waals surface area (Å²) in [5.74, 6) is 0.830. The second kappa shape index (κ2) is 14.4. The monoisotopic (exact) mass is 520 g/mol. The molecule has 3 aromatic rings. The van der Waals surface area contributed by atoms with Crippen molar-refractivity contribution >= 4 is 23.4 Å². The summed E-state index contributed by atoms with van der Waals surface area (Å²) in [4.78, 5) is 28.9. The van der Waals surface area contributed by atoms with Crippen LogP contribution in [0.4, 0.5) is 0 Å². The van der Waals surface area contributed by atoms with E-state index in [0.717, 1.165) is 16.7 Å². The molecule has 0 saturated carbocycles. The summed E-state index contributed by atoms with van der Waals surface area (Å²) in [6, 6.07) is 24.4. The van der Waals surface area contributed by atoms with Crippen molar-refractivity contribution in [1.29, 1.82) is 0 Å². The number of hydrogen-bond acceptors (Lipinski definition) is 3. The van der Waals surface area contributed by atoms with Crippen molar-refractivity contribution in [3.63, 3.8) is 0 Å². The van der Waals surface area contributed by atoms with Crippen LogP contribution >= 0.6 is 11.6 Å². The smallest absolute Gasteiger partial charge is 0.243 e. The summed E-state index contributed by atoms with van der Waals surface area (Å²) in [7, 11) is 0. The lowest BCUT2D eigenvalue weighted by Gasteiger charge is -2.32. The quantitative estimate of drug-likeness (QED) is 0.272. The highest BCUT2D eigenvalue weighted by Gasteiger charge is 2.30. The van der Waals surface area contributed by atoms with E-state index < -0.39 is 6.04 Å². The Morgan fingerprint density at radius 3 is 2.30 bits per heavy atom. The van der Waals surface area contributed by atoms with Crippen LogP contribution in [0.2, 0.25) is 5.02 Å². The number of carbonyl (C=O) groups is 2. The number of hydrogen-bond donors (Lipinski definition) is 1. The van der Waals surface area contributed by atoms with Crippen LogP contribution in [0.5, 0.6) is 5.75 Å². The molecule has 0 spiro atoms. The van der Waals surface area contributed by atoms with Crippen LogP contribution in [0, 0.1) is 12.8 Å². The summed E-state index contributed by atoms with van der Waals surface area (Å²) in [6.07, 6.45) is 1.27. The van der Waals surface area contributed by atoms with E-state index in [9.17, 15) is 9.59 Å². The molecule has 3 rings (SSSR count). The molecule has 0 saturated heterocycles. The van der Waals surface area contributed by atoms with E-state index in [1.165, 1.54) is 0 Å². The maximum atomic E-state index is 13.7. The lowest BCUT2D eigenvalue weighted by atomic mass is 10.0. The van der Waals surface area contributed by atoms with Crippen LogP contribution in [0.3, 0.4) is 0 Å². The first-order valence-corrected chi connectivity index (χ1v) is 13.2. The molecule has 6 heteroatoms. The largest absolute Gasteiger partial charge is 0.494 e. The summed E-state index contributed by atoms with van der Waals surface area (Å²) in [5, 5.41) is 3.71. The van der Waals surface area contributed by atoms with Gasteiger partial charge in [-0.1, -0.05) is 80.0 Å². The van der Waals surface area contributed by atoms with Crippen LogP contribution in [0.25, 0.3) is 0 Å². The number of halogens is 1. The molecule has 1 N–H and O–H groups in total. The predicted molar refractivity (Wildman–Crippen MR) is 150 cm³/mol. The first-order chi connectivity index (χ1) is 17.8.